The summed E-state index contributed by atoms with van der Waals surface area (Å²) in [5.41, 5.74) is -0.253. The van der Waals surface area contributed by atoms with Gasteiger partial charge in [-0.05, 0) is 32.0 Å². The van der Waals surface area contributed by atoms with Gasteiger partial charge in [0.2, 0.25) is 0 Å². The van der Waals surface area contributed by atoms with Gasteiger partial charge < -0.3 is 24.2 Å². The smallest absolute Gasteiger partial charge is 0.332 e. The van der Waals surface area contributed by atoms with Gasteiger partial charge in [0.15, 0.2) is 11.2 Å². The minimum Gasteiger partial charge on any atom is -0.391 e. The van der Waals surface area contributed by atoms with Gasteiger partial charge in [-0.3, -0.25) is 18.7 Å². The number of likely N-dealkylation sites (tertiary alicyclic amines) is 1. The topological polar surface area (TPSA) is 140 Å². The van der Waals surface area contributed by atoms with Crippen LogP contribution in [0.1, 0.15) is 35.6 Å². The minimum atomic E-state index is -1.48. The molecule has 2 N–H and O–H groups in total. The predicted molar refractivity (Wildman–Crippen MR) is 132 cm³/mol. The zero-order valence-corrected chi connectivity index (χ0v) is 20.8. The van der Waals surface area contributed by atoms with Crippen molar-refractivity contribution in [2.24, 2.45) is 21.1 Å². The molecule has 3 atom stereocenters. The first-order valence-electron chi connectivity index (χ1n) is 11.7. The summed E-state index contributed by atoms with van der Waals surface area (Å²) in [6, 6.07) is 4.45. The van der Waals surface area contributed by atoms with Gasteiger partial charge in [0, 0.05) is 46.2 Å². The molecular formula is C24H29N7O5. The summed E-state index contributed by atoms with van der Waals surface area (Å²) in [5.74, 6) is 0.491. The zero-order valence-electron chi connectivity index (χ0n) is 20.8. The van der Waals surface area contributed by atoms with Crippen LogP contribution in [0.4, 0.5) is 0 Å². The maximum atomic E-state index is 13.6. The monoisotopic (exact) mass is 495 g/mol. The molecule has 1 aliphatic rings. The van der Waals surface area contributed by atoms with Gasteiger partial charge in [-0.1, -0.05) is 0 Å². The van der Waals surface area contributed by atoms with E-state index >= 15 is 0 Å². The molecule has 1 fully saturated rings. The van der Waals surface area contributed by atoms with Crippen LogP contribution in [0.3, 0.4) is 0 Å². The number of aliphatic hydroxyl groups excluding tert-OH is 1. The van der Waals surface area contributed by atoms with Crippen LogP contribution in [-0.2, 0) is 21.1 Å². The lowest BCUT2D eigenvalue weighted by atomic mass is 9.91. The van der Waals surface area contributed by atoms with Crippen LogP contribution in [0.5, 0.6) is 0 Å². The van der Waals surface area contributed by atoms with Crippen molar-refractivity contribution >= 4 is 28.1 Å². The Labute approximate surface area is 205 Å². The second-order valence-electron chi connectivity index (χ2n) is 9.89. The van der Waals surface area contributed by atoms with Crippen molar-refractivity contribution in [3.63, 3.8) is 0 Å². The molecule has 4 heterocycles. The van der Waals surface area contributed by atoms with Crippen LogP contribution in [0, 0.1) is 6.92 Å². The zero-order chi connectivity index (χ0) is 26.1. The number of β-amino-alcohol motifs (C(OH)–C–C–N with tert-alkyl or cyclic N) is 1. The minimum absolute atomic E-state index is 0.00783. The first-order chi connectivity index (χ1) is 16.9. The molecule has 5 rings (SSSR count). The highest BCUT2D eigenvalue weighted by molar-refractivity contribution is 5.97. The first kappa shape index (κ1) is 23.9. The molecule has 1 aromatic carbocycles. The SMILES string of the molecule is Cc1nc2cc(C(=O)N3C[C@@H](O)C[C@@](C)(O)[C@H](n4cnc5c4c(=O)n(C)c(=O)n5C)C3)ccc2n1C. The Bertz CT molecular complexity index is 1640. The summed E-state index contributed by atoms with van der Waals surface area (Å²) in [6.07, 6.45) is 0.385. The highest BCUT2D eigenvalue weighted by atomic mass is 16.3. The van der Waals surface area contributed by atoms with E-state index in [1.807, 2.05) is 24.6 Å². The number of hydrogen-bond donors (Lipinski definition) is 2. The Morgan fingerprint density at radius 3 is 2.56 bits per heavy atom. The first-order valence-corrected chi connectivity index (χ1v) is 11.7. The molecule has 4 aromatic rings. The average molecular weight is 496 g/mol. The lowest BCUT2D eigenvalue weighted by Crippen LogP contribution is -2.44. The highest BCUT2D eigenvalue weighted by Crippen LogP contribution is 2.33. The standard InChI is InChI=1S/C24H29N7O5/c1-13-26-16-8-14(6-7-17(16)27(13)3)21(33)30-10-15(32)9-24(2,36)18(11-30)31-12-25-20-19(31)22(34)29(5)23(35)28(20)4/h6-8,12,15,18,32,36H,9-11H2,1-5H3/t15-,18+,24+/m0/s1. The Hall–Kier alpha value is -3.77. The number of amides is 1. The van der Waals surface area contributed by atoms with Crippen molar-refractivity contribution in [2.75, 3.05) is 13.1 Å². The molecule has 0 aliphatic carbocycles. The molecule has 190 valence electrons. The third kappa shape index (κ3) is 3.56. The van der Waals surface area contributed by atoms with Gasteiger partial charge in [0.1, 0.15) is 5.82 Å². The molecule has 3 aromatic heterocycles. The van der Waals surface area contributed by atoms with E-state index in [4.69, 9.17) is 0 Å². The van der Waals surface area contributed by atoms with Crippen LogP contribution >= 0.6 is 0 Å². The Morgan fingerprint density at radius 1 is 1.11 bits per heavy atom. The van der Waals surface area contributed by atoms with Gasteiger partial charge in [0.25, 0.3) is 11.5 Å². The van der Waals surface area contributed by atoms with E-state index in [0.29, 0.717) is 11.1 Å². The second kappa shape index (κ2) is 8.14. The number of fused-ring (bicyclic) bond motifs is 2. The average Bonchev–Trinajstić information content (AvgIpc) is 3.35. The third-order valence-electron chi connectivity index (χ3n) is 7.34. The van der Waals surface area contributed by atoms with Crippen LogP contribution in [0.25, 0.3) is 22.2 Å². The number of rotatable bonds is 2. The van der Waals surface area contributed by atoms with Crippen LogP contribution in [0.2, 0.25) is 0 Å². The van der Waals surface area contributed by atoms with Crippen molar-refractivity contribution in [3.8, 4) is 0 Å². The normalized spacial score (nSPS) is 22.9. The van der Waals surface area contributed by atoms with E-state index in [0.717, 1.165) is 15.9 Å². The molecule has 36 heavy (non-hydrogen) atoms. The molecule has 0 radical (unpaired) electrons. The molecule has 12 heteroatoms. The van der Waals surface area contributed by atoms with Crippen LogP contribution in [-0.4, -0.2) is 74.1 Å². The second-order valence-corrected chi connectivity index (χ2v) is 9.89. The summed E-state index contributed by atoms with van der Waals surface area (Å²) >= 11 is 0. The number of nitrogens with zero attached hydrogens (tertiary/aromatic N) is 7. The fraction of sp³-hybridized carbons (Fsp3) is 0.458. The quantitative estimate of drug-likeness (QED) is 0.393. The molecule has 0 saturated carbocycles. The molecule has 1 amide bonds. The van der Waals surface area contributed by atoms with E-state index in [9.17, 15) is 24.6 Å². The number of carbonyl (C=O) groups excluding carboxylic acids is 1. The summed E-state index contributed by atoms with van der Waals surface area (Å²) in [7, 11) is 4.79. The number of aryl methyl sites for hydroxylation is 3. The van der Waals surface area contributed by atoms with E-state index in [1.165, 1.54) is 34.5 Å². The lowest BCUT2D eigenvalue weighted by Gasteiger charge is -2.34. The Kier molecular flexibility index (Phi) is 5.41. The molecule has 1 aliphatic heterocycles. The van der Waals surface area contributed by atoms with E-state index in [-0.39, 0.29) is 36.6 Å². The van der Waals surface area contributed by atoms with E-state index in [2.05, 4.69) is 9.97 Å². The van der Waals surface area contributed by atoms with E-state index < -0.39 is 29.0 Å². The maximum Gasteiger partial charge on any atom is 0.332 e. The van der Waals surface area contributed by atoms with Gasteiger partial charge in [0.05, 0.1) is 35.1 Å². The highest BCUT2D eigenvalue weighted by Gasteiger charge is 2.42. The maximum absolute atomic E-state index is 13.6. The summed E-state index contributed by atoms with van der Waals surface area (Å²) in [6.45, 7) is 3.47. The number of aliphatic hydroxyl groups is 2. The van der Waals surface area contributed by atoms with Crippen LogP contribution < -0.4 is 11.2 Å². The molecule has 1 saturated heterocycles. The number of benzene rings is 1. The summed E-state index contributed by atoms with van der Waals surface area (Å²) < 4.78 is 5.69. The third-order valence-corrected chi connectivity index (χ3v) is 7.34. The van der Waals surface area contributed by atoms with Crippen molar-refractivity contribution in [1.29, 1.82) is 0 Å². The predicted octanol–water partition coefficient (Wildman–Crippen LogP) is -0.172. The summed E-state index contributed by atoms with van der Waals surface area (Å²) in [4.78, 5) is 49.3. The number of carbonyl (C=O) groups is 1. The van der Waals surface area contributed by atoms with Crippen molar-refractivity contribution < 1.29 is 15.0 Å². The number of imidazole rings is 2. The molecular weight excluding hydrogens is 466 g/mol. The van der Waals surface area contributed by atoms with Gasteiger partial charge in [-0.25, -0.2) is 14.8 Å². The Balaban J connectivity index is 1.60. The number of aromatic nitrogens is 6. The largest absolute Gasteiger partial charge is 0.391 e. The van der Waals surface area contributed by atoms with Gasteiger partial charge >= 0.3 is 5.69 Å². The van der Waals surface area contributed by atoms with E-state index in [1.54, 1.807) is 19.1 Å². The molecule has 0 spiro atoms. The number of hydrogen-bond acceptors (Lipinski definition) is 7. The molecule has 0 bridgehead atoms. The van der Waals surface area contributed by atoms with Crippen LogP contribution in [0.15, 0.2) is 34.1 Å². The van der Waals surface area contributed by atoms with Crippen molar-refractivity contribution in [3.05, 3.63) is 56.8 Å². The molecule has 12 nitrogen and oxygen atoms in total. The Morgan fingerprint density at radius 2 is 1.83 bits per heavy atom. The fourth-order valence-corrected chi connectivity index (χ4v) is 5.20. The summed E-state index contributed by atoms with van der Waals surface area (Å²) in [5, 5.41) is 22.1. The lowest BCUT2D eigenvalue weighted by molar-refractivity contribution is -0.0216. The van der Waals surface area contributed by atoms with Gasteiger partial charge in [-0.2, -0.15) is 0 Å². The van der Waals surface area contributed by atoms with Crippen molar-refractivity contribution in [1.82, 2.24) is 33.1 Å². The molecule has 0 unspecified atom stereocenters. The fourth-order valence-electron chi connectivity index (χ4n) is 5.20. The van der Waals surface area contributed by atoms with Gasteiger partial charge in [-0.15, -0.1) is 0 Å². The van der Waals surface area contributed by atoms with Crippen molar-refractivity contribution in [2.45, 2.75) is 38.0 Å².